The SMILES string of the molecule is CN[C@H](C)C(=O)N[C@@H](C(=O)N1C[C@@H](NC(=O)C2CCCC2C(=O)N[C@H]2C[C@@H](C(=O)N[C@@H]3CCCc4ccccc43)N(C(=O)[C@H](NC(=O)[C@@H](C)NC)C(C)(C)C)C2)C[C@H]1C(=O)N[C@@H]1CCCc2ccccc21)C(C)(C)C. The smallest absolute Gasteiger partial charge is 0.246 e. The molecule has 18 heteroatoms. The molecule has 3 aliphatic carbocycles. The summed E-state index contributed by atoms with van der Waals surface area (Å²) in [4.78, 5) is 117. The number of likely N-dealkylation sites (tertiary alicyclic amines) is 2. The normalized spacial score (nSPS) is 26.1. The molecule has 8 amide bonds. The fourth-order valence-electron chi connectivity index (χ4n) is 11.8. The number of fused-ring (bicyclic) bond motifs is 2. The Balaban J connectivity index is 1.08. The minimum absolute atomic E-state index is 0.0171. The Morgan fingerprint density at radius 3 is 1.24 bits per heavy atom. The lowest BCUT2D eigenvalue weighted by atomic mass is 9.85. The molecule has 2 heterocycles. The number of likely N-dealkylation sites (N-methyl/N-ethyl adjacent to an activating group) is 2. The molecule has 7 rings (SSSR count). The number of rotatable bonds is 16. The van der Waals surface area contributed by atoms with Crippen LogP contribution < -0.4 is 42.5 Å². The Morgan fingerprint density at radius 2 is 0.880 bits per heavy atom. The van der Waals surface area contributed by atoms with E-state index in [2.05, 4.69) is 54.7 Å². The summed E-state index contributed by atoms with van der Waals surface area (Å²) in [6.45, 7) is 14.6. The first-order chi connectivity index (χ1) is 35.5. The van der Waals surface area contributed by atoms with E-state index in [1.165, 1.54) is 20.9 Å². The van der Waals surface area contributed by atoms with Gasteiger partial charge < -0.3 is 52.3 Å². The van der Waals surface area contributed by atoms with E-state index in [0.717, 1.165) is 49.7 Å². The van der Waals surface area contributed by atoms with Crippen LogP contribution in [0.15, 0.2) is 48.5 Å². The molecule has 2 aromatic rings. The van der Waals surface area contributed by atoms with Crippen molar-refractivity contribution in [3.05, 3.63) is 70.8 Å². The molecule has 0 aromatic heterocycles. The number of nitrogens with one attached hydrogen (secondary N) is 8. The highest BCUT2D eigenvalue weighted by molar-refractivity contribution is 5.96. The average molecular weight is 1040 g/mol. The van der Waals surface area contributed by atoms with Crippen LogP contribution in [0.1, 0.15) is 148 Å². The maximum atomic E-state index is 14.8. The maximum absolute atomic E-state index is 14.8. The van der Waals surface area contributed by atoms with Gasteiger partial charge in [-0.1, -0.05) is 96.5 Å². The van der Waals surface area contributed by atoms with E-state index in [1.54, 1.807) is 27.9 Å². The third-order valence-corrected chi connectivity index (χ3v) is 16.5. The predicted molar refractivity (Wildman–Crippen MR) is 285 cm³/mol. The van der Waals surface area contributed by atoms with Crippen molar-refractivity contribution in [2.75, 3.05) is 27.2 Å². The van der Waals surface area contributed by atoms with Gasteiger partial charge in [0.1, 0.15) is 24.2 Å². The van der Waals surface area contributed by atoms with Crippen molar-refractivity contribution in [2.45, 2.75) is 186 Å². The first kappa shape index (κ1) is 56.8. The third-order valence-electron chi connectivity index (χ3n) is 16.5. The summed E-state index contributed by atoms with van der Waals surface area (Å²) < 4.78 is 0. The molecule has 12 atom stereocenters. The van der Waals surface area contributed by atoms with Gasteiger partial charge >= 0.3 is 0 Å². The number of hydrogen-bond donors (Lipinski definition) is 8. The fourth-order valence-corrected chi connectivity index (χ4v) is 11.8. The van der Waals surface area contributed by atoms with Crippen LogP contribution in [0.4, 0.5) is 0 Å². The number of hydrogen-bond acceptors (Lipinski definition) is 10. The van der Waals surface area contributed by atoms with Gasteiger partial charge in [-0.05, 0) is 125 Å². The Morgan fingerprint density at radius 1 is 0.507 bits per heavy atom. The molecule has 2 aromatic carbocycles. The highest BCUT2D eigenvalue weighted by Gasteiger charge is 2.50. The number of benzene rings is 2. The van der Waals surface area contributed by atoms with Crippen LogP contribution in [-0.2, 0) is 51.2 Å². The van der Waals surface area contributed by atoms with Crippen LogP contribution in [0.5, 0.6) is 0 Å². The average Bonchev–Trinajstić information content (AvgIpc) is 4.16. The van der Waals surface area contributed by atoms with Crippen molar-refractivity contribution in [3.63, 3.8) is 0 Å². The summed E-state index contributed by atoms with van der Waals surface area (Å²) in [7, 11) is 3.32. The summed E-state index contributed by atoms with van der Waals surface area (Å²) in [5.74, 6) is -4.42. The predicted octanol–water partition coefficient (Wildman–Crippen LogP) is 3.24. The van der Waals surface area contributed by atoms with Crippen LogP contribution in [0.2, 0.25) is 0 Å². The van der Waals surface area contributed by atoms with Gasteiger partial charge in [-0.25, -0.2) is 0 Å². The lowest BCUT2D eigenvalue weighted by molar-refractivity contribution is -0.144. The monoisotopic (exact) mass is 1040 g/mol. The summed E-state index contributed by atoms with van der Waals surface area (Å²) in [6, 6.07) is 9.26. The summed E-state index contributed by atoms with van der Waals surface area (Å²) in [5, 5.41) is 24.5. The molecule has 2 unspecified atom stereocenters. The molecule has 410 valence electrons. The molecule has 3 fully saturated rings. The number of carbonyl (C=O) groups is 8. The second-order valence-corrected chi connectivity index (χ2v) is 24.0. The molecule has 1 saturated carbocycles. The minimum atomic E-state index is -0.986. The number of carbonyl (C=O) groups excluding carboxylic acids is 8. The van der Waals surface area contributed by atoms with Gasteiger partial charge in [-0.3, -0.25) is 38.4 Å². The summed E-state index contributed by atoms with van der Waals surface area (Å²) in [6.07, 6.45) is 6.82. The van der Waals surface area contributed by atoms with Crippen molar-refractivity contribution >= 4 is 47.3 Å². The van der Waals surface area contributed by atoms with E-state index >= 15 is 0 Å². The quantitative estimate of drug-likeness (QED) is 0.122. The first-order valence-electron chi connectivity index (χ1n) is 27.4. The highest BCUT2D eigenvalue weighted by atomic mass is 16.2. The van der Waals surface area contributed by atoms with E-state index in [4.69, 9.17) is 0 Å². The fraction of sp³-hybridized carbons (Fsp3) is 0.649. The summed E-state index contributed by atoms with van der Waals surface area (Å²) in [5.41, 5.74) is 2.95. The second-order valence-electron chi connectivity index (χ2n) is 24.0. The van der Waals surface area contributed by atoms with Crippen LogP contribution >= 0.6 is 0 Å². The van der Waals surface area contributed by atoms with Crippen molar-refractivity contribution in [2.24, 2.45) is 22.7 Å². The van der Waals surface area contributed by atoms with E-state index in [0.29, 0.717) is 19.3 Å². The maximum Gasteiger partial charge on any atom is 0.246 e. The Kier molecular flexibility index (Phi) is 18.2. The van der Waals surface area contributed by atoms with E-state index in [1.807, 2.05) is 77.9 Å². The largest absolute Gasteiger partial charge is 0.351 e. The van der Waals surface area contributed by atoms with Crippen LogP contribution in [0.3, 0.4) is 0 Å². The van der Waals surface area contributed by atoms with Crippen LogP contribution in [0, 0.1) is 22.7 Å². The van der Waals surface area contributed by atoms with Crippen molar-refractivity contribution < 1.29 is 38.4 Å². The lowest BCUT2D eigenvalue weighted by Gasteiger charge is -2.36. The number of amides is 8. The molecule has 75 heavy (non-hydrogen) atoms. The Bertz CT molecular complexity index is 2290. The molecule has 18 nitrogen and oxygen atoms in total. The molecule has 0 bridgehead atoms. The summed E-state index contributed by atoms with van der Waals surface area (Å²) >= 11 is 0. The van der Waals surface area contributed by atoms with Crippen LogP contribution in [0.25, 0.3) is 0 Å². The standard InChI is InChI=1S/C57H84N10O8/c1-32(58-9)48(68)64-46(56(3,4)5)54(74)66-30-36(28-44(66)52(72)62-42-26-15-20-34-18-11-13-22-38(34)42)60-50(70)40-24-17-25-41(40)51(71)61-37-29-45(53(73)63-43-27-16-21-35-19-12-14-23-39(35)43)67(31-37)55(75)47(57(6,7)8)65-49(69)33(2)59-10/h11-14,18-19,22-23,32-33,36-37,40-47,58-59H,15-17,20-21,24-31H2,1-10H3,(H,60,70)(H,61,71)(H,62,72)(H,63,73)(H,64,68)(H,65,69)/t32-,33-,36+,37+,40?,41?,42-,43-,44+,45+,46+,47+/m1/s1. The molecule has 0 spiro atoms. The van der Waals surface area contributed by atoms with Gasteiger partial charge in [-0.2, -0.15) is 0 Å². The molecule has 5 aliphatic rings. The van der Waals surface area contributed by atoms with Gasteiger partial charge in [0.15, 0.2) is 0 Å². The molecular weight excluding hydrogens is 953 g/mol. The van der Waals surface area contributed by atoms with Crippen molar-refractivity contribution in [1.82, 2.24) is 52.3 Å². The van der Waals surface area contributed by atoms with Gasteiger partial charge in [0, 0.05) is 37.0 Å². The highest BCUT2D eigenvalue weighted by Crippen LogP contribution is 2.36. The molecule has 2 aliphatic heterocycles. The van der Waals surface area contributed by atoms with E-state index in [9.17, 15) is 38.4 Å². The topological polar surface area (TPSA) is 239 Å². The molecule has 8 N–H and O–H groups in total. The zero-order valence-electron chi connectivity index (χ0n) is 45.9. The lowest BCUT2D eigenvalue weighted by Crippen LogP contribution is -2.59. The van der Waals surface area contributed by atoms with Gasteiger partial charge in [-0.15, -0.1) is 0 Å². The van der Waals surface area contributed by atoms with E-state index < -0.39 is 82.8 Å². The van der Waals surface area contributed by atoms with Gasteiger partial charge in [0.25, 0.3) is 0 Å². The second kappa shape index (κ2) is 24.0. The third kappa shape index (κ3) is 13.2. The first-order valence-corrected chi connectivity index (χ1v) is 27.4. The molecule has 0 radical (unpaired) electrons. The zero-order valence-corrected chi connectivity index (χ0v) is 45.9. The van der Waals surface area contributed by atoms with Crippen molar-refractivity contribution in [3.8, 4) is 0 Å². The number of nitrogens with zero attached hydrogens (tertiary/aromatic N) is 2. The minimum Gasteiger partial charge on any atom is -0.351 e. The van der Waals surface area contributed by atoms with Crippen molar-refractivity contribution in [1.29, 1.82) is 0 Å². The Hall–Kier alpha value is -5.88. The van der Waals surface area contributed by atoms with Gasteiger partial charge in [0.2, 0.25) is 47.3 Å². The zero-order chi connectivity index (χ0) is 54.5. The molecule has 2 saturated heterocycles. The van der Waals surface area contributed by atoms with Crippen LogP contribution in [-0.4, -0.2) is 133 Å². The van der Waals surface area contributed by atoms with Gasteiger partial charge in [0.05, 0.1) is 24.2 Å². The Labute approximate surface area is 443 Å². The van der Waals surface area contributed by atoms with E-state index in [-0.39, 0.29) is 73.5 Å². The molecular formula is C57H84N10O8. The number of aryl methyl sites for hydroxylation is 2.